The van der Waals surface area contributed by atoms with Crippen molar-refractivity contribution in [3.05, 3.63) is 29.8 Å². The first-order chi connectivity index (χ1) is 12.0. The van der Waals surface area contributed by atoms with E-state index in [0.717, 1.165) is 64.1 Å². The van der Waals surface area contributed by atoms with Crippen LogP contribution in [0.2, 0.25) is 0 Å². The lowest BCUT2D eigenvalue weighted by molar-refractivity contribution is 0.0214. The highest BCUT2D eigenvalue weighted by molar-refractivity contribution is 7.89. The standard InChI is InChI=1S/C17H24F2N2O3S/c18-16-2-1-15(11-17(16)19)25(22,23)20-12-13-3-7-21(8-4-13)14-5-9-24-10-6-14/h1-2,11,13-14,20H,3-10,12H2. The number of hydrogen-bond acceptors (Lipinski definition) is 4. The van der Waals surface area contributed by atoms with Crippen LogP contribution in [0.5, 0.6) is 0 Å². The molecule has 140 valence electrons. The molecule has 1 aromatic rings. The number of ether oxygens (including phenoxy) is 1. The summed E-state index contributed by atoms with van der Waals surface area (Å²) in [4.78, 5) is 2.23. The lowest BCUT2D eigenvalue weighted by atomic mass is 9.94. The maximum Gasteiger partial charge on any atom is 0.240 e. The minimum atomic E-state index is -3.82. The Hall–Kier alpha value is -1.09. The predicted octanol–water partition coefficient (Wildman–Crippen LogP) is 2.13. The Morgan fingerprint density at radius 1 is 1.08 bits per heavy atom. The molecule has 5 nitrogen and oxygen atoms in total. The van der Waals surface area contributed by atoms with Gasteiger partial charge in [-0.2, -0.15) is 0 Å². The number of piperidine rings is 1. The first-order valence-corrected chi connectivity index (χ1v) is 10.2. The fourth-order valence-corrected chi connectivity index (χ4v) is 4.66. The van der Waals surface area contributed by atoms with E-state index in [4.69, 9.17) is 4.74 Å². The normalized spacial score (nSPS) is 21.5. The Morgan fingerprint density at radius 2 is 1.76 bits per heavy atom. The van der Waals surface area contributed by atoms with E-state index in [1.807, 2.05) is 0 Å². The first-order valence-electron chi connectivity index (χ1n) is 8.72. The van der Waals surface area contributed by atoms with Gasteiger partial charge in [-0.15, -0.1) is 0 Å². The van der Waals surface area contributed by atoms with Gasteiger partial charge in [0.15, 0.2) is 11.6 Å². The zero-order valence-corrected chi connectivity index (χ0v) is 14.9. The summed E-state index contributed by atoms with van der Waals surface area (Å²) in [5, 5.41) is 0. The number of halogens is 2. The lowest BCUT2D eigenvalue weighted by Gasteiger charge is -2.39. The van der Waals surface area contributed by atoms with Crippen molar-refractivity contribution >= 4 is 10.0 Å². The van der Waals surface area contributed by atoms with Gasteiger partial charge in [0, 0.05) is 25.8 Å². The number of sulfonamides is 1. The monoisotopic (exact) mass is 374 g/mol. The second kappa shape index (κ2) is 8.07. The van der Waals surface area contributed by atoms with Crippen molar-refractivity contribution in [3.8, 4) is 0 Å². The fourth-order valence-electron chi connectivity index (χ4n) is 3.53. The quantitative estimate of drug-likeness (QED) is 0.858. The zero-order valence-electron chi connectivity index (χ0n) is 14.1. The first kappa shape index (κ1) is 18.7. The molecule has 0 bridgehead atoms. The molecular formula is C17H24F2N2O3S. The number of rotatable bonds is 5. The van der Waals surface area contributed by atoms with Crippen molar-refractivity contribution in [2.45, 2.75) is 36.6 Å². The Morgan fingerprint density at radius 3 is 2.40 bits per heavy atom. The molecule has 25 heavy (non-hydrogen) atoms. The summed E-state index contributed by atoms with van der Waals surface area (Å²) >= 11 is 0. The molecule has 3 rings (SSSR count). The molecule has 0 saturated carbocycles. The van der Waals surface area contributed by atoms with E-state index >= 15 is 0 Å². The van der Waals surface area contributed by atoms with Gasteiger partial charge in [-0.3, -0.25) is 0 Å². The molecule has 0 radical (unpaired) electrons. The summed E-state index contributed by atoms with van der Waals surface area (Å²) in [6, 6.07) is 3.20. The number of benzene rings is 1. The average molecular weight is 374 g/mol. The third kappa shape index (κ3) is 4.75. The van der Waals surface area contributed by atoms with Gasteiger partial charge in [0.1, 0.15) is 0 Å². The minimum Gasteiger partial charge on any atom is -0.381 e. The van der Waals surface area contributed by atoms with Crippen LogP contribution in [0.4, 0.5) is 8.78 Å². The van der Waals surface area contributed by atoms with Gasteiger partial charge in [0.05, 0.1) is 4.90 Å². The Kier molecular flexibility index (Phi) is 6.04. The van der Waals surface area contributed by atoms with Gasteiger partial charge in [-0.1, -0.05) is 0 Å². The molecule has 1 aromatic carbocycles. The maximum absolute atomic E-state index is 13.2. The highest BCUT2D eigenvalue weighted by atomic mass is 32.2. The molecular weight excluding hydrogens is 350 g/mol. The number of hydrogen-bond donors (Lipinski definition) is 1. The van der Waals surface area contributed by atoms with Crippen molar-refractivity contribution in [1.82, 2.24) is 9.62 Å². The highest BCUT2D eigenvalue weighted by Gasteiger charge is 2.27. The largest absolute Gasteiger partial charge is 0.381 e. The number of likely N-dealkylation sites (tertiary alicyclic amines) is 1. The van der Waals surface area contributed by atoms with Gasteiger partial charge in [-0.05, 0) is 62.9 Å². The van der Waals surface area contributed by atoms with Crippen molar-refractivity contribution in [1.29, 1.82) is 0 Å². The number of nitrogens with zero attached hydrogens (tertiary/aromatic N) is 1. The van der Waals surface area contributed by atoms with E-state index in [9.17, 15) is 17.2 Å². The molecule has 0 aromatic heterocycles. The predicted molar refractivity (Wildman–Crippen MR) is 89.7 cm³/mol. The second-order valence-electron chi connectivity index (χ2n) is 6.75. The SMILES string of the molecule is O=S(=O)(NCC1CCN(C2CCOCC2)CC1)c1ccc(F)c(F)c1. The Balaban J connectivity index is 1.49. The third-order valence-corrected chi connectivity index (χ3v) is 6.54. The molecule has 2 aliphatic heterocycles. The van der Waals surface area contributed by atoms with Crippen molar-refractivity contribution in [3.63, 3.8) is 0 Å². The summed E-state index contributed by atoms with van der Waals surface area (Å²) in [6.07, 6.45) is 3.98. The third-order valence-electron chi connectivity index (χ3n) is 5.12. The van der Waals surface area contributed by atoms with Crippen LogP contribution in [0.25, 0.3) is 0 Å². The highest BCUT2D eigenvalue weighted by Crippen LogP contribution is 2.23. The molecule has 0 amide bonds. The lowest BCUT2D eigenvalue weighted by Crippen LogP contribution is -2.45. The van der Waals surface area contributed by atoms with E-state index in [-0.39, 0.29) is 10.8 Å². The van der Waals surface area contributed by atoms with E-state index in [1.165, 1.54) is 0 Å². The summed E-state index contributed by atoms with van der Waals surface area (Å²) in [6.45, 7) is 3.88. The average Bonchev–Trinajstić information content (AvgIpc) is 2.63. The van der Waals surface area contributed by atoms with Gasteiger partial charge in [0.25, 0.3) is 0 Å². The van der Waals surface area contributed by atoms with Crippen molar-refractivity contribution < 1.29 is 21.9 Å². The Bertz CT molecular complexity index is 685. The molecule has 8 heteroatoms. The summed E-state index contributed by atoms with van der Waals surface area (Å²) in [7, 11) is -3.82. The van der Waals surface area contributed by atoms with E-state index in [0.29, 0.717) is 18.7 Å². The van der Waals surface area contributed by atoms with Crippen LogP contribution in [-0.2, 0) is 14.8 Å². The van der Waals surface area contributed by atoms with E-state index < -0.39 is 21.7 Å². The van der Waals surface area contributed by atoms with Gasteiger partial charge < -0.3 is 9.64 Å². The molecule has 0 atom stereocenters. The smallest absolute Gasteiger partial charge is 0.240 e. The second-order valence-corrected chi connectivity index (χ2v) is 8.52. The zero-order chi connectivity index (χ0) is 17.9. The summed E-state index contributed by atoms with van der Waals surface area (Å²) in [5.41, 5.74) is 0. The minimum absolute atomic E-state index is 0.244. The van der Waals surface area contributed by atoms with E-state index in [1.54, 1.807) is 0 Å². The van der Waals surface area contributed by atoms with Crippen LogP contribution in [0.1, 0.15) is 25.7 Å². The maximum atomic E-state index is 13.2. The molecule has 0 spiro atoms. The Labute approximate surface area is 147 Å². The molecule has 2 aliphatic rings. The van der Waals surface area contributed by atoms with Gasteiger partial charge in [-0.25, -0.2) is 21.9 Å². The van der Waals surface area contributed by atoms with Gasteiger partial charge in [0.2, 0.25) is 10.0 Å². The van der Waals surface area contributed by atoms with Crippen LogP contribution in [0, 0.1) is 17.6 Å². The summed E-state index contributed by atoms with van der Waals surface area (Å²) < 4.78 is 58.6. The summed E-state index contributed by atoms with van der Waals surface area (Å²) in [5.74, 6) is -1.96. The number of nitrogens with one attached hydrogen (secondary N) is 1. The molecule has 0 aliphatic carbocycles. The van der Waals surface area contributed by atoms with Crippen LogP contribution >= 0.6 is 0 Å². The van der Waals surface area contributed by atoms with Crippen molar-refractivity contribution in [2.24, 2.45) is 5.92 Å². The van der Waals surface area contributed by atoms with Crippen molar-refractivity contribution in [2.75, 3.05) is 32.8 Å². The van der Waals surface area contributed by atoms with Crippen LogP contribution in [-0.4, -0.2) is 52.2 Å². The topological polar surface area (TPSA) is 58.6 Å². The molecule has 2 saturated heterocycles. The van der Waals surface area contributed by atoms with Gasteiger partial charge >= 0.3 is 0 Å². The van der Waals surface area contributed by atoms with Crippen LogP contribution < -0.4 is 4.72 Å². The van der Waals surface area contributed by atoms with E-state index in [2.05, 4.69) is 9.62 Å². The van der Waals surface area contributed by atoms with Crippen LogP contribution in [0.15, 0.2) is 23.1 Å². The molecule has 0 unspecified atom stereocenters. The molecule has 1 N–H and O–H groups in total. The fraction of sp³-hybridized carbons (Fsp3) is 0.647. The molecule has 2 heterocycles. The molecule has 2 fully saturated rings. The van der Waals surface area contributed by atoms with Crippen LogP contribution in [0.3, 0.4) is 0 Å².